The minimum absolute atomic E-state index is 0.0838. The van der Waals surface area contributed by atoms with E-state index in [4.69, 9.17) is 9.47 Å². The lowest BCUT2D eigenvalue weighted by atomic mass is 10.2. The van der Waals surface area contributed by atoms with Gasteiger partial charge in [0, 0.05) is 19.7 Å². The van der Waals surface area contributed by atoms with Crippen molar-refractivity contribution in [1.82, 2.24) is 10.2 Å². The topological polar surface area (TPSA) is 88.1 Å². The molecule has 2 amide bonds. The largest absolute Gasteiger partial charge is 0.503 e. The Morgan fingerprint density at radius 2 is 1.85 bits per heavy atom. The number of nitrogens with zero attached hydrogens (tertiary/aromatic N) is 1. The number of carbonyl (C=O) groups is 2. The van der Waals surface area contributed by atoms with Gasteiger partial charge in [-0.05, 0) is 29.8 Å². The van der Waals surface area contributed by atoms with Gasteiger partial charge in [0.2, 0.25) is 0 Å². The van der Waals surface area contributed by atoms with Crippen LogP contribution in [0.4, 0.5) is 0 Å². The second kappa shape index (κ2) is 7.82. The fourth-order valence-corrected chi connectivity index (χ4v) is 2.64. The van der Waals surface area contributed by atoms with E-state index >= 15 is 0 Å². The molecule has 1 aliphatic rings. The van der Waals surface area contributed by atoms with Gasteiger partial charge < -0.3 is 24.8 Å². The van der Waals surface area contributed by atoms with Crippen LogP contribution in [0.1, 0.15) is 5.56 Å². The van der Waals surface area contributed by atoms with Gasteiger partial charge in [-0.15, -0.1) is 0 Å². The molecule has 2 N–H and O–H groups in total. The summed E-state index contributed by atoms with van der Waals surface area (Å²) in [6.07, 6.45) is 0. The molecule has 27 heavy (non-hydrogen) atoms. The van der Waals surface area contributed by atoms with Crippen LogP contribution in [0.3, 0.4) is 0 Å². The van der Waals surface area contributed by atoms with E-state index in [1.807, 2.05) is 30.3 Å². The predicted molar refractivity (Wildman–Crippen MR) is 98.6 cm³/mol. The second-order valence-corrected chi connectivity index (χ2v) is 6.10. The number of hydrogen-bond donors (Lipinski definition) is 2. The lowest BCUT2D eigenvalue weighted by molar-refractivity contribution is -0.126. The highest BCUT2D eigenvalue weighted by atomic mass is 16.5. The van der Waals surface area contributed by atoms with Gasteiger partial charge in [0.25, 0.3) is 11.8 Å². The summed E-state index contributed by atoms with van der Waals surface area (Å²) in [5.74, 6) is 0.535. The van der Waals surface area contributed by atoms with Gasteiger partial charge in [0.15, 0.2) is 5.76 Å². The quantitative estimate of drug-likeness (QED) is 0.817. The minimum atomic E-state index is -0.542. The molecule has 140 valence electrons. The van der Waals surface area contributed by atoms with E-state index in [1.165, 1.54) is 11.9 Å². The maximum Gasteiger partial charge on any atom is 0.289 e. The van der Waals surface area contributed by atoms with Crippen LogP contribution in [-0.2, 0) is 16.1 Å². The van der Waals surface area contributed by atoms with Crippen molar-refractivity contribution >= 4 is 11.8 Å². The Kier molecular flexibility index (Phi) is 5.30. The first-order valence-corrected chi connectivity index (χ1v) is 8.34. The van der Waals surface area contributed by atoms with Crippen molar-refractivity contribution in [2.75, 3.05) is 20.7 Å². The number of benzene rings is 2. The maximum atomic E-state index is 12.1. The average Bonchev–Trinajstić information content (AvgIpc) is 2.95. The highest BCUT2D eigenvalue weighted by Gasteiger charge is 2.31. The summed E-state index contributed by atoms with van der Waals surface area (Å²) in [4.78, 5) is 25.0. The summed E-state index contributed by atoms with van der Waals surface area (Å²) >= 11 is 0. The van der Waals surface area contributed by atoms with Gasteiger partial charge in [-0.2, -0.15) is 0 Å². The Hall–Kier alpha value is -3.48. The van der Waals surface area contributed by atoms with Crippen LogP contribution in [-0.4, -0.2) is 42.5 Å². The summed E-state index contributed by atoms with van der Waals surface area (Å²) in [5, 5.41) is 12.4. The number of carbonyl (C=O) groups excluding carboxylic acids is 2. The van der Waals surface area contributed by atoms with Crippen molar-refractivity contribution in [1.29, 1.82) is 0 Å². The highest BCUT2D eigenvalue weighted by Crippen LogP contribution is 2.25. The summed E-state index contributed by atoms with van der Waals surface area (Å²) in [5.41, 5.74) is 0.944. The zero-order valence-electron chi connectivity index (χ0n) is 15.1. The van der Waals surface area contributed by atoms with Crippen LogP contribution in [0.2, 0.25) is 0 Å². The summed E-state index contributed by atoms with van der Waals surface area (Å²) in [6, 6.07) is 14.5. The van der Waals surface area contributed by atoms with Crippen molar-refractivity contribution in [2.24, 2.45) is 0 Å². The van der Waals surface area contributed by atoms with Crippen LogP contribution in [0.25, 0.3) is 0 Å². The number of rotatable bonds is 6. The van der Waals surface area contributed by atoms with E-state index in [2.05, 4.69) is 5.32 Å². The van der Waals surface area contributed by atoms with Gasteiger partial charge in [-0.25, -0.2) is 0 Å². The summed E-state index contributed by atoms with van der Waals surface area (Å²) < 4.78 is 10.9. The lowest BCUT2D eigenvalue weighted by Gasteiger charge is -2.10. The van der Waals surface area contributed by atoms with Crippen molar-refractivity contribution in [3.05, 3.63) is 65.4 Å². The van der Waals surface area contributed by atoms with Crippen LogP contribution < -0.4 is 14.8 Å². The molecule has 0 fully saturated rings. The van der Waals surface area contributed by atoms with Crippen molar-refractivity contribution in [3.63, 3.8) is 0 Å². The van der Waals surface area contributed by atoms with Crippen LogP contribution >= 0.6 is 0 Å². The van der Waals surface area contributed by atoms with E-state index < -0.39 is 17.6 Å². The number of ether oxygens (including phenoxy) is 2. The number of hydrogen-bond acceptors (Lipinski definition) is 5. The first-order chi connectivity index (χ1) is 13.0. The normalized spacial score (nSPS) is 13.7. The zero-order valence-corrected chi connectivity index (χ0v) is 15.1. The molecule has 0 saturated carbocycles. The molecule has 0 aromatic heterocycles. The monoisotopic (exact) mass is 368 g/mol. The minimum Gasteiger partial charge on any atom is -0.503 e. The molecular formula is C20H20N2O5. The molecule has 1 aliphatic heterocycles. The molecule has 0 radical (unpaired) electrons. The number of nitrogens with one attached hydrogen (secondary N) is 1. The smallest absolute Gasteiger partial charge is 0.289 e. The van der Waals surface area contributed by atoms with Crippen LogP contribution in [0.15, 0.2) is 59.9 Å². The molecule has 0 bridgehead atoms. The van der Waals surface area contributed by atoms with Gasteiger partial charge in [-0.3, -0.25) is 9.59 Å². The number of aliphatic hydroxyl groups is 1. The molecule has 7 heteroatoms. The Labute approximate surface area is 156 Å². The van der Waals surface area contributed by atoms with E-state index in [9.17, 15) is 14.7 Å². The Balaban J connectivity index is 1.58. The molecule has 0 atom stereocenters. The molecule has 1 heterocycles. The number of amides is 2. The fourth-order valence-electron chi connectivity index (χ4n) is 2.64. The van der Waals surface area contributed by atoms with Gasteiger partial charge >= 0.3 is 0 Å². The molecule has 0 saturated heterocycles. The number of methoxy groups -OCH3 is 1. The third-order valence-corrected chi connectivity index (χ3v) is 4.16. The van der Waals surface area contributed by atoms with Crippen LogP contribution in [0.5, 0.6) is 17.2 Å². The Bertz CT molecular complexity index is 890. The third-order valence-electron chi connectivity index (χ3n) is 4.16. The first kappa shape index (κ1) is 18.3. The summed E-state index contributed by atoms with van der Waals surface area (Å²) in [6.45, 7) is 0.372. The standard InChI is InChI=1S/C20H20N2O5/c1-22-12-17(18(23)20(22)25)19(24)21-11-13-6-8-14(9-7-13)27-16-5-3-4-15(10-16)26-2/h3-10,23H,11-12H2,1-2H3,(H,21,24). The Morgan fingerprint density at radius 1 is 1.15 bits per heavy atom. The zero-order chi connectivity index (χ0) is 19.4. The molecule has 0 aliphatic carbocycles. The summed E-state index contributed by atoms with van der Waals surface area (Å²) in [7, 11) is 3.12. The van der Waals surface area contributed by atoms with E-state index in [-0.39, 0.29) is 18.7 Å². The predicted octanol–water partition coefficient (Wildman–Crippen LogP) is 2.39. The lowest BCUT2D eigenvalue weighted by Crippen LogP contribution is -2.27. The Morgan fingerprint density at radius 3 is 2.48 bits per heavy atom. The third kappa shape index (κ3) is 4.20. The fraction of sp³-hybridized carbons (Fsp3) is 0.200. The second-order valence-electron chi connectivity index (χ2n) is 6.10. The molecule has 0 unspecified atom stereocenters. The average molecular weight is 368 g/mol. The van der Waals surface area contributed by atoms with Gasteiger partial charge in [0.1, 0.15) is 17.2 Å². The van der Waals surface area contributed by atoms with Crippen LogP contribution in [0, 0.1) is 0 Å². The van der Waals surface area contributed by atoms with E-state index in [0.29, 0.717) is 17.2 Å². The number of likely N-dealkylation sites (N-methyl/N-ethyl adjacent to an activating group) is 1. The van der Waals surface area contributed by atoms with Gasteiger partial charge in [-0.1, -0.05) is 18.2 Å². The molecule has 7 nitrogen and oxygen atoms in total. The molecule has 2 aromatic carbocycles. The van der Waals surface area contributed by atoms with Crippen molar-refractivity contribution in [3.8, 4) is 17.2 Å². The van der Waals surface area contributed by atoms with Crippen molar-refractivity contribution < 1.29 is 24.2 Å². The molecule has 0 spiro atoms. The first-order valence-electron chi connectivity index (χ1n) is 8.34. The SMILES string of the molecule is COc1cccc(Oc2ccc(CNC(=O)C3=C(O)C(=O)N(C)C3)cc2)c1. The maximum absolute atomic E-state index is 12.1. The van der Waals surface area contributed by atoms with E-state index in [1.54, 1.807) is 25.3 Å². The van der Waals surface area contributed by atoms with E-state index in [0.717, 1.165) is 5.56 Å². The number of aliphatic hydroxyl groups excluding tert-OH is 1. The molecule has 2 aromatic rings. The molecular weight excluding hydrogens is 348 g/mol. The molecule has 3 rings (SSSR count). The van der Waals surface area contributed by atoms with Crippen molar-refractivity contribution in [2.45, 2.75) is 6.54 Å². The highest BCUT2D eigenvalue weighted by molar-refractivity contribution is 6.06. The van der Waals surface area contributed by atoms with Gasteiger partial charge in [0.05, 0.1) is 19.2 Å².